The van der Waals surface area contributed by atoms with Crippen LogP contribution < -0.4 is 19.9 Å². The third kappa shape index (κ3) is 6.59. The van der Waals surface area contributed by atoms with Crippen LogP contribution in [0.1, 0.15) is 19.3 Å². The fourth-order valence-corrected chi connectivity index (χ4v) is 7.94. The highest BCUT2D eigenvalue weighted by Gasteiger charge is 2.38. The lowest BCUT2D eigenvalue weighted by Crippen LogP contribution is -2.48. The molecule has 0 spiro atoms. The van der Waals surface area contributed by atoms with Crippen LogP contribution in [0.5, 0.6) is 5.75 Å². The molecule has 3 aromatic carbocycles. The van der Waals surface area contributed by atoms with Crippen molar-refractivity contribution in [1.29, 1.82) is 0 Å². The van der Waals surface area contributed by atoms with Gasteiger partial charge in [-0.3, -0.25) is 14.4 Å². The fourth-order valence-electron chi connectivity index (χ4n) is 6.51. The van der Waals surface area contributed by atoms with Crippen molar-refractivity contribution in [3.63, 3.8) is 0 Å². The van der Waals surface area contributed by atoms with Crippen molar-refractivity contribution in [2.45, 2.75) is 24.2 Å². The van der Waals surface area contributed by atoms with Crippen molar-refractivity contribution < 1.29 is 27.5 Å². The fraction of sp³-hybridized carbons (Fsp3) is 0.382. The quantitative estimate of drug-likeness (QED) is 0.399. The number of nitrogens with one attached hydrogen (secondary N) is 1. The number of nitrogens with zero attached hydrogens (tertiary/aromatic N) is 4. The maximum atomic E-state index is 13.4. The second-order valence-electron chi connectivity index (χ2n) is 11.9. The van der Waals surface area contributed by atoms with Crippen LogP contribution in [0.25, 0.3) is 0 Å². The number of likely N-dealkylation sites (tertiary alicyclic amines) is 1. The van der Waals surface area contributed by atoms with Gasteiger partial charge in [-0.05, 0) is 61.4 Å². The van der Waals surface area contributed by atoms with Crippen molar-refractivity contribution >= 4 is 44.8 Å². The number of methoxy groups -OCH3 is 1. The van der Waals surface area contributed by atoms with E-state index in [0.717, 1.165) is 17.1 Å². The third-order valence-electron chi connectivity index (χ3n) is 9.14. The molecule has 3 heterocycles. The number of carbonyl (C=O) groups excluding carboxylic acids is 3. The molecule has 0 saturated carbocycles. The summed E-state index contributed by atoms with van der Waals surface area (Å²) < 4.78 is 33.7. The lowest BCUT2D eigenvalue weighted by Gasteiger charge is -2.36. The Bertz CT molecular complexity index is 1670. The van der Waals surface area contributed by atoms with Gasteiger partial charge in [0, 0.05) is 69.5 Å². The average molecular weight is 646 g/mol. The van der Waals surface area contributed by atoms with Gasteiger partial charge in [0.15, 0.2) is 0 Å². The van der Waals surface area contributed by atoms with Gasteiger partial charge in [0.1, 0.15) is 5.75 Å². The summed E-state index contributed by atoms with van der Waals surface area (Å²) >= 11 is 0. The van der Waals surface area contributed by atoms with E-state index in [2.05, 4.69) is 10.2 Å². The Morgan fingerprint density at radius 1 is 0.804 bits per heavy atom. The van der Waals surface area contributed by atoms with E-state index in [-0.39, 0.29) is 40.9 Å². The van der Waals surface area contributed by atoms with E-state index in [0.29, 0.717) is 64.3 Å². The minimum Gasteiger partial charge on any atom is -0.495 e. The van der Waals surface area contributed by atoms with E-state index in [4.69, 9.17) is 4.74 Å². The molecule has 1 atom stereocenters. The van der Waals surface area contributed by atoms with Crippen LogP contribution in [-0.4, -0.2) is 88.3 Å². The van der Waals surface area contributed by atoms with E-state index in [1.165, 1.54) is 16.4 Å². The van der Waals surface area contributed by atoms with Crippen LogP contribution in [0.15, 0.2) is 83.8 Å². The number of sulfonamides is 1. The Hall–Kier alpha value is -4.42. The molecule has 3 saturated heterocycles. The number of carbonyl (C=O) groups is 3. The number of benzene rings is 3. The van der Waals surface area contributed by atoms with E-state index in [1.807, 2.05) is 54.6 Å². The molecule has 0 aromatic heterocycles. The lowest BCUT2D eigenvalue weighted by molar-refractivity contribution is -0.138. The number of para-hydroxylation sites is 3. The SMILES string of the molecule is COc1ccccc1N1CCN(S(=O)(=O)c2ccc(NC(=O)C3CCN(C(=O)C4CC(=O)N(c5ccccc5)C4)CC3)cc2)CC1. The zero-order chi connectivity index (χ0) is 32.3. The van der Waals surface area contributed by atoms with Crippen molar-refractivity contribution in [1.82, 2.24) is 9.21 Å². The Balaban J connectivity index is 0.981. The van der Waals surface area contributed by atoms with Crippen LogP contribution >= 0.6 is 0 Å². The molecule has 3 aromatic rings. The molecule has 0 bridgehead atoms. The second kappa shape index (κ2) is 13.5. The summed E-state index contributed by atoms with van der Waals surface area (Å²) in [6, 6.07) is 23.4. The Kier molecular flexibility index (Phi) is 9.27. The molecule has 0 radical (unpaired) electrons. The van der Waals surface area contributed by atoms with Gasteiger partial charge in [0.2, 0.25) is 27.7 Å². The lowest BCUT2D eigenvalue weighted by atomic mass is 9.94. The number of ether oxygens (including phenoxy) is 1. The highest BCUT2D eigenvalue weighted by Crippen LogP contribution is 2.31. The summed E-state index contributed by atoms with van der Waals surface area (Å²) in [6.45, 7) is 3.06. The normalized spacial score (nSPS) is 19.7. The van der Waals surface area contributed by atoms with Crippen LogP contribution in [0.3, 0.4) is 0 Å². The Morgan fingerprint density at radius 3 is 2.13 bits per heavy atom. The van der Waals surface area contributed by atoms with Crippen LogP contribution in [0, 0.1) is 11.8 Å². The predicted octanol–water partition coefficient (Wildman–Crippen LogP) is 3.44. The van der Waals surface area contributed by atoms with Gasteiger partial charge in [0.25, 0.3) is 0 Å². The molecule has 3 amide bonds. The first-order chi connectivity index (χ1) is 22.2. The summed E-state index contributed by atoms with van der Waals surface area (Å²) in [4.78, 5) is 44.6. The van der Waals surface area contributed by atoms with Crippen LogP contribution in [0.2, 0.25) is 0 Å². The molecular weight excluding hydrogens is 606 g/mol. The molecule has 3 aliphatic heterocycles. The van der Waals surface area contributed by atoms with Crippen molar-refractivity contribution in [2.24, 2.45) is 11.8 Å². The van der Waals surface area contributed by atoms with Gasteiger partial charge in [-0.25, -0.2) is 8.42 Å². The van der Waals surface area contributed by atoms with E-state index in [9.17, 15) is 22.8 Å². The largest absolute Gasteiger partial charge is 0.495 e. The predicted molar refractivity (Wildman–Crippen MR) is 175 cm³/mol. The summed E-state index contributed by atoms with van der Waals surface area (Å²) in [7, 11) is -2.07. The monoisotopic (exact) mass is 645 g/mol. The van der Waals surface area contributed by atoms with Gasteiger partial charge in [-0.2, -0.15) is 4.31 Å². The van der Waals surface area contributed by atoms with Gasteiger partial charge >= 0.3 is 0 Å². The summed E-state index contributed by atoms with van der Waals surface area (Å²) in [5.74, 6) is -0.135. The maximum absolute atomic E-state index is 13.4. The standard InChI is InChI=1S/C34H39N5O6S/c1-45-31-10-6-5-9-30(31)36-19-21-38(22-20-36)46(43,44)29-13-11-27(12-14-29)35-33(41)25-15-17-37(18-16-25)34(42)26-23-32(40)39(24-26)28-7-3-2-4-8-28/h2-14,25-26H,15-24H2,1H3,(H,35,41). The summed E-state index contributed by atoms with van der Waals surface area (Å²) in [5, 5.41) is 2.91. The minimum absolute atomic E-state index is 0.0383. The summed E-state index contributed by atoms with van der Waals surface area (Å²) in [6.07, 6.45) is 1.24. The zero-order valence-electron chi connectivity index (χ0n) is 25.9. The van der Waals surface area contributed by atoms with E-state index < -0.39 is 10.0 Å². The first kappa shape index (κ1) is 31.6. The van der Waals surface area contributed by atoms with Crippen molar-refractivity contribution in [3.8, 4) is 5.75 Å². The number of rotatable bonds is 8. The minimum atomic E-state index is -3.69. The molecule has 46 heavy (non-hydrogen) atoms. The maximum Gasteiger partial charge on any atom is 0.243 e. The molecule has 3 fully saturated rings. The molecule has 6 rings (SSSR count). The Morgan fingerprint density at radius 2 is 1.46 bits per heavy atom. The van der Waals surface area contributed by atoms with Crippen LogP contribution in [0.4, 0.5) is 17.1 Å². The molecule has 0 aliphatic carbocycles. The van der Waals surface area contributed by atoms with Gasteiger partial charge in [0.05, 0.1) is 23.6 Å². The van der Waals surface area contributed by atoms with Gasteiger partial charge in [-0.1, -0.05) is 30.3 Å². The third-order valence-corrected chi connectivity index (χ3v) is 11.1. The summed E-state index contributed by atoms with van der Waals surface area (Å²) in [5.41, 5.74) is 2.26. The highest BCUT2D eigenvalue weighted by molar-refractivity contribution is 7.89. The smallest absolute Gasteiger partial charge is 0.243 e. The van der Waals surface area contributed by atoms with Gasteiger partial charge in [-0.15, -0.1) is 0 Å². The zero-order valence-corrected chi connectivity index (χ0v) is 26.7. The molecule has 3 aliphatic rings. The molecule has 1 unspecified atom stereocenters. The number of amides is 3. The van der Waals surface area contributed by atoms with Gasteiger partial charge < -0.3 is 24.8 Å². The van der Waals surface area contributed by atoms with Crippen molar-refractivity contribution in [2.75, 3.05) is 68.0 Å². The molecular formula is C34H39N5O6S. The molecule has 242 valence electrons. The second-order valence-corrected chi connectivity index (χ2v) is 13.9. The van der Waals surface area contributed by atoms with E-state index in [1.54, 1.807) is 29.0 Å². The molecule has 11 nitrogen and oxygen atoms in total. The number of hydrogen-bond acceptors (Lipinski definition) is 7. The van der Waals surface area contributed by atoms with Crippen LogP contribution in [-0.2, 0) is 24.4 Å². The average Bonchev–Trinajstić information content (AvgIpc) is 3.50. The number of piperazine rings is 1. The number of hydrogen-bond donors (Lipinski definition) is 1. The van der Waals surface area contributed by atoms with Crippen molar-refractivity contribution in [3.05, 3.63) is 78.9 Å². The van der Waals surface area contributed by atoms with E-state index >= 15 is 0 Å². The Labute approximate surface area is 269 Å². The number of anilines is 3. The molecule has 1 N–H and O–H groups in total. The first-order valence-electron chi connectivity index (χ1n) is 15.7. The highest BCUT2D eigenvalue weighted by atomic mass is 32.2. The topological polar surface area (TPSA) is 120 Å². The number of piperidine rings is 1. The molecule has 12 heteroatoms. The first-order valence-corrected chi connectivity index (χ1v) is 17.1.